The molecule has 0 radical (unpaired) electrons. The van der Waals surface area contributed by atoms with Crippen LogP contribution in [0.3, 0.4) is 0 Å². The number of nitrogens with zero attached hydrogens (tertiary/aromatic N) is 1. The average Bonchev–Trinajstić information content (AvgIpc) is 2.70. The van der Waals surface area contributed by atoms with Crippen molar-refractivity contribution in [3.63, 3.8) is 0 Å². The lowest BCUT2D eigenvalue weighted by Gasteiger charge is -2.36. The van der Waals surface area contributed by atoms with Crippen LogP contribution >= 0.6 is 11.3 Å². The predicted molar refractivity (Wildman–Crippen MR) is 65.1 cm³/mol. The quantitative estimate of drug-likeness (QED) is 0.759. The molecule has 3 rings (SSSR count). The number of aromatic amines is 1. The monoisotopic (exact) mass is 239 g/mol. The molecule has 1 atom stereocenters. The van der Waals surface area contributed by atoms with Crippen molar-refractivity contribution >= 4 is 11.3 Å². The molecule has 0 spiro atoms. The van der Waals surface area contributed by atoms with E-state index in [4.69, 9.17) is 0 Å². The number of piperazine rings is 1. The third kappa shape index (κ3) is 1.83. The van der Waals surface area contributed by atoms with E-state index in [1.165, 1.54) is 34.7 Å². The van der Waals surface area contributed by atoms with E-state index in [1.54, 1.807) is 0 Å². The Morgan fingerprint density at radius 2 is 2.12 bits per heavy atom. The van der Waals surface area contributed by atoms with Gasteiger partial charge >= 0.3 is 4.87 Å². The van der Waals surface area contributed by atoms with Crippen LogP contribution in [0.25, 0.3) is 0 Å². The van der Waals surface area contributed by atoms with E-state index in [9.17, 15) is 4.79 Å². The van der Waals surface area contributed by atoms with Gasteiger partial charge in [0.2, 0.25) is 0 Å². The summed E-state index contributed by atoms with van der Waals surface area (Å²) in [4.78, 5) is 18.4. The maximum absolute atomic E-state index is 11.4. The van der Waals surface area contributed by atoms with Gasteiger partial charge in [0.1, 0.15) is 0 Å². The van der Waals surface area contributed by atoms with E-state index in [2.05, 4.69) is 15.2 Å². The van der Waals surface area contributed by atoms with Gasteiger partial charge in [0.05, 0.1) is 6.04 Å². The van der Waals surface area contributed by atoms with Gasteiger partial charge in [0.15, 0.2) is 0 Å². The average molecular weight is 239 g/mol. The first kappa shape index (κ1) is 10.5. The SMILES string of the molecule is O=c1[nH]c2c(s1)CCCC2N1CCNCC1. The van der Waals surface area contributed by atoms with Gasteiger partial charge in [-0.1, -0.05) is 11.3 Å². The number of H-pyrrole nitrogens is 1. The second-order valence-corrected chi connectivity index (χ2v) is 5.61. The lowest BCUT2D eigenvalue weighted by atomic mass is 9.96. The van der Waals surface area contributed by atoms with Crippen molar-refractivity contribution < 1.29 is 0 Å². The van der Waals surface area contributed by atoms with Gasteiger partial charge in [-0.2, -0.15) is 0 Å². The molecule has 1 saturated heterocycles. The molecular formula is C11H17N3OS. The number of nitrogens with one attached hydrogen (secondary N) is 2. The molecule has 2 N–H and O–H groups in total. The maximum atomic E-state index is 11.4. The molecule has 5 heteroatoms. The highest BCUT2D eigenvalue weighted by atomic mass is 32.1. The van der Waals surface area contributed by atoms with Crippen LogP contribution in [-0.2, 0) is 6.42 Å². The Bertz CT molecular complexity index is 419. The molecule has 1 aromatic heterocycles. The molecule has 1 unspecified atom stereocenters. The number of rotatable bonds is 1. The molecule has 1 fully saturated rings. The summed E-state index contributed by atoms with van der Waals surface area (Å²) in [5.41, 5.74) is 1.21. The molecule has 0 aromatic carbocycles. The Hall–Kier alpha value is -0.650. The molecule has 0 amide bonds. The van der Waals surface area contributed by atoms with Gasteiger partial charge in [-0.25, -0.2) is 0 Å². The lowest BCUT2D eigenvalue weighted by Crippen LogP contribution is -2.45. The molecule has 0 bridgehead atoms. The number of fused-ring (bicyclic) bond motifs is 1. The normalized spacial score (nSPS) is 26.6. The summed E-state index contributed by atoms with van der Waals surface area (Å²) in [5.74, 6) is 0. The zero-order chi connectivity index (χ0) is 11.0. The topological polar surface area (TPSA) is 48.1 Å². The van der Waals surface area contributed by atoms with Gasteiger partial charge in [0, 0.05) is 36.8 Å². The number of aryl methyl sites for hydroxylation is 1. The predicted octanol–water partition coefficient (Wildman–Crippen LogP) is 0.719. The van der Waals surface area contributed by atoms with Crippen molar-refractivity contribution in [2.24, 2.45) is 0 Å². The molecule has 2 heterocycles. The van der Waals surface area contributed by atoms with Crippen LogP contribution in [0.15, 0.2) is 4.79 Å². The highest BCUT2D eigenvalue weighted by molar-refractivity contribution is 7.09. The van der Waals surface area contributed by atoms with Gasteiger partial charge in [-0.3, -0.25) is 9.69 Å². The third-order valence-corrected chi connectivity index (χ3v) is 4.52. The van der Waals surface area contributed by atoms with E-state index in [1.807, 2.05) is 0 Å². The Labute approximate surface area is 98.7 Å². The van der Waals surface area contributed by atoms with Crippen molar-refractivity contribution in [2.45, 2.75) is 25.3 Å². The first-order valence-corrected chi connectivity index (χ1v) is 6.83. The summed E-state index contributed by atoms with van der Waals surface area (Å²) in [6.45, 7) is 4.34. The third-order valence-electron chi connectivity index (χ3n) is 3.56. The Kier molecular flexibility index (Phi) is 2.83. The van der Waals surface area contributed by atoms with Crippen LogP contribution in [0.1, 0.15) is 29.5 Å². The largest absolute Gasteiger partial charge is 0.315 e. The van der Waals surface area contributed by atoms with Gasteiger partial charge in [-0.05, 0) is 19.3 Å². The zero-order valence-electron chi connectivity index (χ0n) is 9.29. The standard InChI is InChI=1S/C11H17N3OS/c15-11-13-10-8(2-1-3-9(10)16-11)14-6-4-12-5-7-14/h8,12H,1-7H2,(H,13,15). The van der Waals surface area contributed by atoms with E-state index in [-0.39, 0.29) is 4.87 Å². The molecule has 0 saturated carbocycles. The van der Waals surface area contributed by atoms with Crippen molar-refractivity contribution in [1.29, 1.82) is 0 Å². The second-order valence-electron chi connectivity index (χ2n) is 4.55. The van der Waals surface area contributed by atoms with Crippen LogP contribution < -0.4 is 10.2 Å². The van der Waals surface area contributed by atoms with E-state index in [0.717, 1.165) is 32.6 Å². The van der Waals surface area contributed by atoms with Crippen LogP contribution in [0.2, 0.25) is 0 Å². The minimum atomic E-state index is 0.118. The van der Waals surface area contributed by atoms with E-state index in [0.29, 0.717) is 6.04 Å². The summed E-state index contributed by atoms with van der Waals surface area (Å²) in [6, 6.07) is 0.463. The summed E-state index contributed by atoms with van der Waals surface area (Å²) in [6.07, 6.45) is 3.50. The van der Waals surface area contributed by atoms with Crippen LogP contribution in [0.5, 0.6) is 0 Å². The summed E-state index contributed by atoms with van der Waals surface area (Å²) >= 11 is 1.40. The van der Waals surface area contributed by atoms with Crippen molar-refractivity contribution in [2.75, 3.05) is 26.2 Å². The van der Waals surface area contributed by atoms with Crippen molar-refractivity contribution in [3.8, 4) is 0 Å². The lowest BCUT2D eigenvalue weighted by molar-refractivity contribution is 0.155. The van der Waals surface area contributed by atoms with E-state index >= 15 is 0 Å². The molecule has 4 nitrogen and oxygen atoms in total. The fourth-order valence-electron chi connectivity index (χ4n) is 2.79. The summed E-state index contributed by atoms with van der Waals surface area (Å²) < 4.78 is 0. The molecular weight excluding hydrogens is 222 g/mol. The Morgan fingerprint density at radius 3 is 2.94 bits per heavy atom. The Balaban J connectivity index is 1.88. The highest BCUT2D eigenvalue weighted by Gasteiger charge is 2.28. The smallest absolute Gasteiger partial charge is 0.304 e. The van der Waals surface area contributed by atoms with E-state index < -0.39 is 0 Å². The fraction of sp³-hybridized carbons (Fsp3) is 0.727. The highest BCUT2D eigenvalue weighted by Crippen LogP contribution is 2.33. The first-order chi connectivity index (χ1) is 7.84. The molecule has 88 valence electrons. The number of thiazole rings is 1. The van der Waals surface area contributed by atoms with Crippen LogP contribution in [0, 0.1) is 0 Å². The Morgan fingerprint density at radius 1 is 1.31 bits per heavy atom. The molecule has 1 aliphatic carbocycles. The van der Waals surface area contributed by atoms with Gasteiger partial charge < -0.3 is 10.3 Å². The first-order valence-electron chi connectivity index (χ1n) is 6.01. The minimum Gasteiger partial charge on any atom is -0.315 e. The van der Waals surface area contributed by atoms with Gasteiger partial charge in [-0.15, -0.1) is 0 Å². The summed E-state index contributed by atoms with van der Waals surface area (Å²) in [5, 5.41) is 3.37. The number of hydrogen-bond acceptors (Lipinski definition) is 4. The van der Waals surface area contributed by atoms with Crippen LogP contribution in [0.4, 0.5) is 0 Å². The maximum Gasteiger partial charge on any atom is 0.304 e. The van der Waals surface area contributed by atoms with Crippen molar-refractivity contribution in [3.05, 3.63) is 20.2 Å². The number of hydrogen-bond donors (Lipinski definition) is 2. The zero-order valence-corrected chi connectivity index (χ0v) is 10.1. The fourth-order valence-corrected chi connectivity index (χ4v) is 3.71. The van der Waals surface area contributed by atoms with Gasteiger partial charge in [0.25, 0.3) is 0 Å². The van der Waals surface area contributed by atoms with Crippen LogP contribution in [-0.4, -0.2) is 36.1 Å². The molecule has 1 aliphatic heterocycles. The molecule has 1 aromatic rings. The summed E-state index contributed by atoms with van der Waals surface area (Å²) in [7, 11) is 0. The van der Waals surface area contributed by atoms with Crippen molar-refractivity contribution in [1.82, 2.24) is 15.2 Å². The molecule has 16 heavy (non-hydrogen) atoms. The molecule has 2 aliphatic rings. The second kappa shape index (κ2) is 4.31. The number of aromatic nitrogens is 1. The minimum absolute atomic E-state index is 0.118.